The lowest BCUT2D eigenvalue weighted by atomic mass is 9.97. The van der Waals surface area contributed by atoms with E-state index in [1.807, 2.05) is 0 Å². The number of aliphatic carboxylic acids is 2. The van der Waals surface area contributed by atoms with Crippen molar-refractivity contribution in [1.29, 1.82) is 0 Å². The molecule has 0 radical (unpaired) electrons. The number of aromatic amines is 1. The molecule has 3 aliphatic heterocycles. The Bertz CT molecular complexity index is 5210. The van der Waals surface area contributed by atoms with Crippen molar-refractivity contribution in [2.24, 2.45) is 17.4 Å². The first-order chi connectivity index (χ1) is 63.2. The summed E-state index contributed by atoms with van der Waals surface area (Å²) in [5.74, 6) is -27.3. The zero-order valence-corrected chi connectivity index (χ0v) is 75.1. The molecule has 0 unspecified atom stereocenters. The first-order valence-electron chi connectivity index (χ1n) is 43.6. The van der Waals surface area contributed by atoms with Crippen molar-refractivity contribution in [2.45, 2.75) is 202 Å². The number of nitrogens with two attached hydrogens (primary N) is 2. The van der Waals surface area contributed by atoms with E-state index >= 15 is 51.9 Å². The molecule has 3 fully saturated rings. The summed E-state index contributed by atoms with van der Waals surface area (Å²) >= 11 is 0.601. The van der Waals surface area contributed by atoms with Crippen molar-refractivity contribution in [1.82, 2.24) is 77.3 Å². The van der Waals surface area contributed by atoms with Crippen LogP contribution in [0.15, 0.2) is 121 Å². The Kier molecular flexibility index (Phi) is 37.7. The van der Waals surface area contributed by atoms with E-state index in [4.69, 9.17) is 11.5 Å². The monoisotopic (exact) mass is 1870 g/mol. The van der Waals surface area contributed by atoms with Crippen LogP contribution in [0.4, 0.5) is 17.6 Å². The fourth-order valence-corrected chi connectivity index (χ4v) is 17.0. The molecule has 1 aromatic heterocycles. The van der Waals surface area contributed by atoms with Gasteiger partial charge in [0.15, 0.2) is 17.5 Å². The van der Waals surface area contributed by atoms with Gasteiger partial charge in [0.05, 0.1) is 18.7 Å². The molecule has 42 heteroatoms. The van der Waals surface area contributed by atoms with E-state index in [-0.39, 0.29) is 75.8 Å². The molecule has 0 spiro atoms. The second-order valence-corrected chi connectivity index (χ2v) is 34.5. The third-order valence-corrected chi connectivity index (χ3v) is 24.5. The van der Waals surface area contributed by atoms with Gasteiger partial charge >= 0.3 is 11.9 Å². The number of H-pyrrole nitrogens is 1. The minimum absolute atomic E-state index is 0.0703. The van der Waals surface area contributed by atoms with Crippen LogP contribution in [-0.4, -0.2) is 283 Å². The number of piperidine rings is 1. The standard InChI is InChI=1S/C91H113F4N17O20S/c1-7-8-21-70-90(131)112-35-16-23-69(112)85(126)104-64(43-76(118)119)82(123)107-78(49(2)3)91(132)109(5)71(40-50-17-10-9-11-18-50)86(127)101-61(32-33-75(116)117)88(129)111-34-15-14-22-68(111)84(125)103-63(42-54-45-98-60-20-13-12-19-57(54)60)81(122)102-62(38-51-26-30-56(113)31-27-51)80(121)105-66(44-96)83(124)106-67(79(120)99-46-73(97)114)47-133-48-74(115)100-65(39-53-36-58(93)77(95)59(94)37-53)87(128)110(6)72(89(130)108(70)4)41-52-24-28-55(92)29-25-52/h9-13,17-20,24-31,36-37,45,49,61-72,78,98,113H,7-8,14-16,21-23,32-35,38-44,46-48,96H2,1-6H3,(H2,97,114)(H,99,120)(H,100,115)(H,101,127)(H,102,122)(H,103,125)(H,104,126)(H,105,121)(H,106,124)(H,107,123)(H,116,117)(H,118,119)/t61-,62-,63+,64-,65-,66-,67-,68+,69+,70-,71-,72-,78+/m0/s1. The smallest absolute Gasteiger partial charge is 0.305 e. The fourth-order valence-electron chi connectivity index (χ4n) is 16.2. The van der Waals surface area contributed by atoms with Crippen molar-refractivity contribution < 1.29 is 114 Å². The Labute approximate surface area is 767 Å². The molecule has 0 aliphatic carbocycles. The van der Waals surface area contributed by atoms with Gasteiger partial charge < -0.3 is 104 Å². The highest BCUT2D eigenvalue weighted by Gasteiger charge is 2.46. The number of carboxylic acids is 2. The number of aromatic nitrogens is 1. The lowest BCUT2D eigenvalue weighted by Gasteiger charge is -2.38. The van der Waals surface area contributed by atoms with Gasteiger partial charge in [0.25, 0.3) is 0 Å². The number of hydrogen-bond donors (Lipinski definition) is 15. The van der Waals surface area contributed by atoms with Crippen LogP contribution in [0.5, 0.6) is 5.75 Å². The van der Waals surface area contributed by atoms with Crippen LogP contribution >= 0.6 is 11.8 Å². The van der Waals surface area contributed by atoms with Crippen molar-refractivity contribution in [3.8, 4) is 5.75 Å². The van der Waals surface area contributed by atoms with Crippen LogP contribution in [0.1, 0.15) is 119 Å². The Balaban J connectivity index is 1.13. The van der Waals surface area contributed by atoms with E-state index < -0.39 is 277 Å². The number of unbranched alkanes of at least 4 members (excludes halogenated alkanes) is 1. The van der Waals surface area contributed by atoms with Crippen molar-refractivity contribution in [3.63, 3.8) is 0 Å². The van der Waals surface area contributed by atoms with Gasteiger partial charge in [0, 0.05) is 102 Å². The topological polar surface area (TPSA) is 543 Å². The van der Waals surface area contributed by atoms with Crippen LogP contribution in [0.25, 0.3) is 10.9 Å². The average Bonchev–Trinajstić information content (AvgIpc) is 1.42. The molecular weight excluding hydrogens is 1760 g/mol. The highest BCUT2D eigenvalue weighted by atomic mass is 32.2. The van der Waals surface area contributed by atoms with E-state index in [9.17, 15) is 62.5 Å². The normalized spacial score (nSPS) is 23.6. The molecule has 0 bridgehead atoms. The molecule has 3 saturated heterocycles. The maximum atomic E-state index is 15.6. The van der Waals surface area contributed by atoms with Crippen LogP contribution in [0, 0.1) is 29.2 Å². The number of nitrogens with zero attached hydrogens (tertiary/aromatic N) is 5. The highest BCUT2D eigenvalue weighted by Crippen LogP contribution is 2.29. The Morgan fingerprint density at radius 3 is 1.68 bits per heavy atom. The summed E-state index contributed by atoms with van der Waals surface area (Å²) in [6.45, 7) is 2.92. The number of carboxylic acid groups (broad SMARTS) is 2. The second-order valence-electron chi connectivity index (χ2n) is 33.5. The summed E-state index contributed by atoms with van der Waals surface area (Å²) in [5, 5.41) is 54.2. The molecule has 3 aliphatic rings. The first-order valence-corrected chi connectivity index (χ1v) is 44.8. The molecule has 716 valence electrons. The summed E-state index contributed by atoms with van der Waals surface area (Å²) in [4.78, 5) is 257. The molecule has 6 aromatic rings. The van der Waals surface area contributed by atoms with E-state index in [0.29, 0.717) is 64.3 Å². The van der Waals surface area contributed by atoms with Gasteiger partial charge in [0.1, 0.15) is 90.1 Å². The summed E-state index contributed by atoms with van der Waals surface area (Å²) < 4.78 is 59.6. The number of phenolic OH excluding ortho intramolecular Hbond substituents is 1. The number of amides is 15. The van der Waals surface area contributed by atoms with Crippen molar-refractivity contribution in [3.05, 3.63) is 173 Å². The molecule has 9 rings (SSSR count). The number of benzene rings is 5. The molecule has 5 aromatic carbocycles. The lowest BCUT2D eigenvalue weighted by Crippen LogP contribution is -2.63. The zero-order valence-electron chi connectivity index (χ0n) is 74.3. The number of rotatable bonds is 23. The maximum Gasteiger partial charge on any atom is 0.305 e. The van der Waals surface area contributed by atoms with E-state index in [2.05, 4.69) is 52.8 Å². The van der Waals surface area contributed by atoms with Gasteiger partial charge in [-0.15, -0.1) is 11.8 Å². The van der Waals surface area contributed by atoms with Gasteiger partial charge in [-0.1, -0.05) is 106 Å². The van der Waals surface area contributed by atoms with Gasteiger partial charge in [-0.05, 0) is 121 Å². The number of phenols is 1. The van der Waals surface area contributed by atoms with Crippen molar-refractivity contribution in [2.75, 3.05) is 58.8 Å². The van der Waals surface area contributed by atoms with Crippen LogP contribution < -0.4 is 59.3 Å². The van der Waals surface area contributed by atoms with E-state index in [1.165, 1.54) is 64.3 Å². The largest absolute Gasteiger partial charge is 0.508 e. The molecule has 15 amide bonds. The SMILES string of the molecule is CCCC[C@H]1C(=O)N2CCC[C@@H]2C(=O)N[C@@H](CC(=O)O)C(=O)N[C@H](C(C)C)C(=O)N(C)[C@@H](Cc2ccccc2)C(=O)N[C@@H](CCC(=O)O)C(=O)N2CCCC[C@@H]2C(=O)N[C@H](Cc2c[nH]c3ccccc23)C(=O)N[C@@H](Cc2ccc(O)cc2)C(=O)N[C@@H](CN)C(=O)N[C@H](C(=O)NCC(N)=O)CSCC(=O)N[C@@H](Cc2cc(F)c(F)c(F)c2)C(=O)N(C)[C@@H](Cc2ccc(F)cc2)C(=O)N1C. The number of carbonyl (C=O) groups is 17. The number of carbonyl (C=O) groups excluding carboxylic acids is 15. The molecule has 17 N–H and O–H groups in total. The van der Waals surface area contributed by atoms with Gasteiger partial charge in [-0.3, -0.25) is 81.5 Å². The molecule has 4 heterocycles. The number of fused-ring (bicyclic) bond motifs is 3. The van der Waals surface area contributed by atoms with Gasteiger partial charge in [0.2, 0.25) is 88.6 Å². The third-order valence-electron chi connectivity index (χ3n) is 23.5. The number of likely N-dealkylation sites (N-methyl/N-ethyl adjacent to an activating group) is 3. The third kappa shape index (κ3) is 28.5. The number of thioether (sulfide) groups is 1. The predicted molar refractivity (Wildman–Crippen MR) is 475 cm³/mol. The Morgan fingerprint density at radius 1 is 0.519 bits per heavy atom. The average molecular weight is 1870 g/mol. The molecule has 133 heavy (non-hydrogen) atoms. The van der Waals surface area contributed by atoms with Gasteiger partial charge in [-0.25, -0.2) is 17.6 Å². The predicted octanol–water partition coefficient (Wildman–Crippen LogP) is 1.17. The van der Waals surface area contributed by atoms with Crippen LogP contribution in [0.2, 0.25) is 0 Å². The summed E-state index contributed by atoms with van der Waals surface area (Å²) in [7, 11) is 3.54. The van der Waals surface area contributed by atoms with E-state index in [0.717, 1.165) is 43.7 Å². The first kappa shape index (κ1) is 103. The fraction of sp³-hybridized carbons (Fsp3) is 0.462. The van der Waals surface area contributed by atoms with Gasteiger partial charge in [-0.2, -0.15) is 0 Å². The van der Waals surface area contributed by atoms with Crippen LogP contribution in [0.3, 0.4) is 0 Å². The number of aromatic hydroxyl groups is 1. The number of primary amides is 1. The molecular formula is C91H113F4N17O20S. The number of para-hydroxylation sites is 1. The number of halogens is 4. The summed E-state index contributed by atoms with van der Waals surface area (Å²) in [5.41, 5.74) is 13.2. The molecule has 13 atom stereocenters. The number of hydrogen-bond acceptors (Lipinski definition) is 20. The number of nitrogens with one attached hydrogen (secondary N) is 10. The maximum absolute atomic E-state index is 15.6. The lowest BCUT2D eigenvalue weighted by molar-refractivity contribution is -0.152. The molecule has 0 saturated carbocycles. The Morgan fingerprint density at radius 2 is 1.05 bits per heavy atom. The molecule has 37 nitrogen and oxygen atoms in total. The summed E-state index contributed by atoms with van der Waals surface area (Å²) in [6.07, 6.45) is -2.14. The quantitative estimate of drug-likeness (QED) is 0.0316. The zero-order chi connectivity index (χ0) is 97.2. The van der Waals surface area contributed by atoms with Crippen molar-refractivity contribution >= 4 is 123 Å². The second kappa shape index (κ2) is 48.6. The minimum atomic E-state index is -1.99. The highest BCUT2D eigenvalue weighted by molar-refractivity contribution is 8.00. The summed E-state index contributed by atoms with van der Waals surface area (Å²) in [6, 6.07) is 4.08. The van der Waals surface area contributed by atoms with E-state index in [1.54, 1.807) is 67.7 Å². The van der Waals surface area contributed by atoms with Crippen LogP contribution in [-0.2, 0) is 114 Å². The Hall–Kier alpha value is -13.5. The minimum Gasteiger partial charge on any atom is -0.508 e.